The van der Waals surface area contributed by atoms with Crippen molar-refractivity contribution in [3.63, 3.8) is 0 Å². The Morgan fingerprint density at radius 2 is 1.74 bits per heavy atom. The molecule has 6 heteroatoms. The first kappa shape index (κ1) is 20.1. The van der Waals surface area contributed by atoms with E-state index in [1.165, 1.54) is 36.4 Å². The molecular formula is C25H17FO5. The normalized spacial score (nSPS) is 11.3. The number of aromatic hydroxyl groups is 1. The van der Waals surface area contributed by atoms with Crippen LogP contribution in [0.5, 0.6) is 5.75 Å². The van der Waals surface area contributed by atoms with E-state index >= 15 is 0 Å². The molecule has 0 aliphatic heterocycles. The minimum Gasteiger partial charge on any atom is -0.508 e. The van der Waals surface area contributed by atoms with Crippen LogP contribution in [0.25, 0.3) is 39.3 Å². The molecule has 1 heterocycles. The minimum atomic E-state index is -1.05. The predicted molar refractivity (Wildman–Crippen MR) is 116 cm³/mol. The zero-order chi connectivity index (χ0) is 22.1. The molecule has 31 heavy (non-hydrogen) atoms. The molecule has 0 saturated carbocycles. The summed E-state index contributed by atoms with van der Waals surface area (Å²) in [6, 6.07) is 15.7. The average Bonchev–Trinajstić information content (AvgIpc) is 2.72. The summed E-state index contributed by atoms with van der Waals surface area (Å²) in [5.74, 6) is -1.50. The van der Waals surface area contributed by atoms with Crippen LogP contribution in [0, 0.1) is 12.7 Å². The van der Waals surface area contributed by atoms with Gasteiger partial charge in [0.15, 0.2) is 0 Å². The van der Waals surface area contributed by atoms with Crippen LogP contribution in [0.2, 0.25) is 0 Å². The van der Waals surface area contributed by atoms with E-state index < -0.39 is 17.4 Å². The van der Waals surface area contributed by atoms with Crippen LogP contribution in [-0.2, 0) is 4.79 Å². The number of rotatable bonds is 4. The predicted octanol–water partition coefficient (Wildman–Crippen LogP) is 5.38. The fourth-order valence-electron chi connectivity index (χ4n) is 3.57. The van der Waals surface area contributed by atoms with E-state index in [1.807, 2.05) is 0 Å². The number of phenolic OH excluding ortho intramolecular Hbond substituents is 1. The van der Waals surface area contributed by atoms with Gasteiger partial charge in [0.1, 0.15) is 17.1 Å². The summed E-state index contributed by atoms with van der Waals surface area (Å²) in [4.78, 5) is 23.8. The monoisotopic (exact) mass is 416 g/mol. The molecule has 4 aromatic rings. The summed E-state index contributed by atoms with van der Waals surface area (Å²) in [5, 5.41) is 19.2. The maximum Gasteiger partial charge on any atom is 0.344 e. The molecule has 0 atom stereocenters. The fourth-order valence-corrected chi connectivity index (χ4v) is 3.57. The van der Waals surface area contributed by atoms with E-state index in [0.717, 1.165) is 6.08 Å². The molecule has 0 aliphatic carbocycles. The molecule has 2 N–H and O–H groups in total. The van der Waals surface area contributed by atoms with Gasteiger partial charge < -0.3 is 14.6 Å². The number of fused-ring (bicyclic) bond motifs is 1. The van der Waals surface area contributed by atoms with Crippen LogP contribution in [0.15, 0.2) is 76.0 Å². The standard InChI is InChI=1S/C25H17FO5/c1-14-12-17(26)7-9-19(14)24-23(16-5-2-15(3-6-16)4-11-22(28)29)20-10-8-18(27)13-21(20)31-25(24)30/h2-13,27H,1H3,(H,28,29)/b11-4+. The van der Waals surface area contributed by atoms with Crippen LogP contribution in [0.1, 0.15) is 11.1 Å². The lowest BCUT2D eigenvalue weighted by molar-refractivity contribution is -0.131. The van der Waals surface area contributed by atoms with E-state index in [9.17, 15) is 19.1 Å². The van der Waals surface area contributed by atoms with E-state index in [-0.39, 0.29) is 16.9 Å². The number of carboxylic acid groups (broad SMARTS) is 1. The molecule has 0 fully saturated rings. The van der Waals surface area contributed by atoms with Crippen molar-refractivity contribution in [2.24, 2.45) is 0 Å². The first-order chi connectivity index (χ1) is 14.8. The van der Waals surface area contributed by atoms with Gasteiger partial charge in [-0.05, 0) is 59.5 Å². The molecule has 5 nitrogen and oxygen atoms in total. The quantitative estimate of drug-likeness (QED) is 0.345. The molecule has 0 unspecified atom stereocenters. The number of hydrogen-bond donors (Lipinski definition) is 2. The molecule has 1 aromatic heterocycles. The lowest BCUT2D eigenvalue weighted by atomic mass is 9.90. The lowest BCUT2D eigenvalue weighted by Gasteiger charge is -2.14. The molecule has 0 spiro atoms. The number of aryl methyl sites for hydroxylation is 1. The van der Waals surface area contributed by atoms with Crippen molar-refractivity contribution < 1.29 is 23.8 Å². The SMILES string of the molecule is Cc1cc(F)ccc1-c1c(-c2ccc(/C=C/C(=O)O)cc2)c2ccc(O)cc2oc1=O. The molecule has 0 amide bonds. The second-order valence-corrected chi connectivity index (χ2v) is 7.07. The van der Waals surface area contributed by atoms with Crippen molar-refractivity contribution in [2.75, 3.05) is 0 Å². The van der Waals surface area contributed by atoms with Crippen molar-refractivity contribution >= 4 is 23.0 Å². The summed E-state index contributed by atoms with van der Waals surface area (Å²) in [6.45, 7) is 1.71. The molecule has 0 radical (unpaired) electrons. The van der Waals surface area contributed by atoms with Gasteiger partial charge >= 0.3 is 11.6 Å². The van der Waals surface area contributed by atoms with Gasteiger partial charge in [0.2, 0.25) is 0 Å². The molecule has 0 aliphatic rings. The van der Waals surface area contributed by atoms with E-state index in [0.29, 0.717) is 33.2 Å². The van der Waals surface area contributed by atoms with Gasteiger partial charge in [0.25, 0.3) is 0 Å². The second kappa shape index (κ2) is 7.91. The molecule has 154 valence electrons. The Bertz CT molecular complexity index is 1400. The van der Waals surface area contributed by atoms with Gasteiger partial charge in [-0.3, -0.25) is 0 Å². The molecule has 3 aromatic carbocycles. The summed E-state index contributed by atoms with van der Waals surface area (Å²) in [6.07, 6.45) is 2.50. The van der Waals surface area contributed by atoms with E-state index in [2.05, 4.69) is 0 Å². The Morgan fingerprint density at radius 3 is 2.42 bits per heavy atom. The number of benzene rings is 3. The number of carboxylic acids is 1. The highest BCUT2D eigenvalue weighted by Crippen LogP contribution is 2.38. The third-order valence-corrected chi connectivity index (χ3v) is 4.97. The average molecular weight is 416 g/mol. The smallest absolute Gasteiger partial charge is 0.344 e. The van der Waals surface area contributed by atoms with E-state index in [1.54, 1.807) is 37.3 Å². The van der Waals surface area contributed by atoms with Gasteiger partial charge in [-0.1, -0.05) is 30.3 Å². The molecule has 4 rings (SSSR count). The maximum atomic E-state index is 13.7. The molecule has 0 saturated heterocycles. The largest absolute Gasteiger partial charge is 0.508 e. The first-order valence-corrected chi connectivity index (χ1v) is 9.41. The Balaban J connectivity index is 2.02. The van der Waals surface area contributed by atoms with Crippen molar-refractivity contribution in [1.29, 1.82) is 0 Å². The summed E-state index contributed by atoms with van der Waals surface area (Å²) < 4.78 is 19.2. The second-order valence-electron chi connectivity index (χ2n) is 7.07. The first-order valence-electron chi connectivity index (χ1n) is 9.41. The summed E-state index contributed by atoms with van der Waals surface area (Å²) in [7, 11) is 0. The van der Waals surface area contributed by atoms with Crippen LogP contribution in [0.4, 0.5) is 4.39 Å². The number of phenols is 1. The van der Waals surface area contributed by atoms with Gasteiger partial charge in [0, 0.05) is 23.1 Å². The van der Waals surface area contributed by atoms with Crippen molar-refractivity contribution in [3.05, 3.63) is 94.1 Å². The Kier molecular flexibility index (Phi) is 5.13. The highest BCUT2D eigenvalue weighted by atomic mass is 19.1. The topological polar surface area (TPSA) is 87.7 Å². The number of hydrogen-bond acceptors (Lipinski definition) is 4. The Hall–Kier alpha value is -4.19. The number of carbonyl (C=O) groups is 1. The highest BCUT2D eigenvalue weighted by molar-refractivity contribution is 6.02. The third kappa shape index (κ3) is 3.96. The number of aliphatic carboxylic acids is 1. The van der Waals surface area contributed by atoms with Crippen LogP contribution in [-0.4, -0.2) is 16.2 Å². The van der Waals surface area contributed by atoms with E-state index in [4.69, 9.17) is 9.52 Å². The lowest BCUT2D eigenvalue weighted by Crippen LogP contribution is -2.07. The zero-order valence-electron chi connectivity index (χ0n) is 16.4. The Morgan fingerprint density at radius 1 is 1.00 bits per heavy atom. The fraction of sp³-hybridized carbons (Fsp3) is 0.0400. The van der Waals surface area contributed by atoms with Crippen molar-refractivity contribution in [1.82, 2.24) is 0 Å². The van der Waals surface area contributed by atoms with Gasteiger partial charge in [-0.25, -0.2) is 14.0 Å². The maximum absolute atomic E-state index is 13.7. The van der Waals surface area contributed by atoms with Crippen LogP contribution in [0.3, 0.4) is 0 Å². The zero-order valence-corrected chi connectivity index (χ0v) is 16.4. The van der Waals surface area contributed by atoms with Gasteiger partial charge in [-0.15, -0.1) is 0 Å². The van der Waals surface area contributed by atoms with Crippen LogP contribution >= 0.6 is 0 Å². The minimum absolute atomic E-state index is 0.0403. The van der Waals surface area contributed by atoms with Gasteiger partial charge in [0.05, 0.1) is 5.56 Å². The number of halogens is 1. The van der Waals surface area contributed by atoms with Gasteiger partial charge in [-0.2, -0.15) is 0 Å². The molecule has 0 bridgehead atoms. The van der Waals surface area contributed by atoms with Crippen molar-refractivity contribution in [2.45, 2.75) is 6.92 Å². The highest BCUT2D eigenvalue weighted by Gasteiger charge is 2.20. The van der Waals surface area contributed by atoms with Crippen molar-refractivity contribution in [3.8, 4) is 28.0 Å². The molecular weight excluding hydrogens is 399 g/mol. The summed E-state index contributed by atoms with van der Waals surface area (Å²) in [5.41, 5.74) is 2.95. The Labute approximate surface area is 176 Å². The van der Waals surface area contributed by atoms with Crippen LogP contribution < -0.4 is 5.63 Å². The summed E-state index contributed by atoms with van der Waals surface area (Å²) >= 11 is 0. The third-order valence-electron chi connectivity index (χ3n) is 4.97.